The summed E-state index contributed by atoms with van der Waals surface area (Å²) < 4.78 is 0. The van der Waals surface area contributed by atoms with Gasteiger partial charge in [0, 0.05) is 32.0 Å². The molecule has 1 aromatic carbocycles. The Morgan fingerprint density at radius 2 is 1.52 bits per heavy atom. The van der Waals surface area contributed by atoms with Crippen LogP contribution in [-0.4, -0.2) is 17.5 Å². The summed E-state index contributed by atoms with van der Waals surface area (Å²) in [4.78, 5) is 13.5. The number of hydrogen-bond donors (Lipinski definition) is 0. The van der Waals surface area contributed by atoms with E-state index in [0.717, 1.165) is 41.5 Å². The summed E-state index contributed by atoms with van der Waals surface area (Å²) in [6.45, 7) is 2.18. The minimum atomic E-state index is 0. The zero-order valence-electron chi connectivity index (χ0n) is 14.0. The van der Waals surface area contributed by atoms with Crippen molar-refractivity contribution in [3.05, 3.63) is 72.6 Å². The van der Waals surface area contributed by atoms with Crippen LogP contribution in [0.3, 0.4) is 0 Å². The van der Waals surface area contributed by atoms with Crippen molar-refractivity contribution >= 4 is 30.6 Å². The van der Waals surface area contributed by atoms with Crippen LogP contribution in [0.4, 0.5) is 23.0 Å². The molecule has 25 heavy (non-hydrogen) atoms. The van der Waals surface area contributed by atoms with Crippen molar-refractivity contribution < 1.29 is 20.1 Å². The predicted octanol–water partition coefficient (Wildman–Crippen LogP) is 4.25. The molecule has 2 radical (unpaired) electrons. The Balaban J connectivity index is 0.00000182. The Bertz CT molecular complexity index is 844. The topological polar surface area (TPSA) is 32.3 Å². The molecule has 0 fully saturated rings. The van der Waals surface area contributed by atoms with E-state index in [0.29, 0.717) is 0 Å². The van der Waals surface area contributed by atoms with Crippen LogP contribution in [0.15, 0.2) is 66.9 Å². The molecule has 0 saturated carbocycles. The van der Waals surface area contributed by atoms with Gasteiger partial charge in [0.25, 0.3) is 0 Å². The maximum Gasteiger partial charge on any atom is 0.403 e. The first kappa shape index (κ1) is 17.7. The van der Waals surface area contributed by atoms with E-state index in [1.165, 1.54) is 0 Å². The number of benzene rings is 1. The first-order valence-corrected chi connectivity index (χ1v) is 8.26. The average molecular weight is 505 g/mol. The van der Waals surface area contributed by atoms with Gasteiger partial charge in [-0.15, -0.1) is 0 Å². The number of aromatic nitrogens is 2. The van der Waals surface area contributed by atoms with E-state index in [9.17, 15) is 0 Å². The van der Waals surface area contributed by atoms with E-state index in [-0.39, 0.29) is 20.1 Å². The number of fused-ring (bicyclic) bond motifs is 1. The van der Waals surface area contributed by atoms with Crippen molar-refractivity contribution in [3.63, 3.8) is 0 Å². The average Bonchev–Trinajstić information content (AvgIpc) is 3.03. The maximum atomic E-state index is 4.82. The maximum absolute atomic E-state index is 4.82. The third-order valence-electron chi connectivity index (χ3n) is 4.07. The molecular weight excluding hydrogens is 487 g/mol. The third kappa shape index (κ3) is 3.46. The Morgan fingerprint density at radius 3 is 2.20 bits per heavy atom. The first-order valence-electron chi connectivity index (χ1n) is 8.26. The van der Waals surface area contributed by atoms with Gasteiger partial charge in [0.1, 0.15) is 11.6 Å². The van der Waals surface area contributed by atoms with Crippen LogP contribution >= 0.6 is 0 Å². The van der Waals surface area contributed by atoms with Gasteiger partial charge in [0.2, 0.25) is 0 Å². The fraction of sp³-hybridized carbons (Fsp3) is 0.158. The van der Waals surface area contributed by atoms with Gasteiger partial charge in [-0.1, -0.05) is 37.6 Å². The van der Waals surface area contributed by atoms with Crippen molar-refractivity contribution in [2.45, 2.75) is 19.8 Å². The van der Waals surface area contributed by atoms with E-state index in [1.807, 2.05) is 36.5 Å². The number of para-hydroxylation sites is 2. The normalized spacial score (nSPS) is 12.4. The summed E-state index contributed by atoms with van der Waals surface area (Å²) in [5, 5.41) is 0. The van der Waals surface area contributed by atoms with Crippen molar-refractivity contribution in [2.24, 2.45) is 0 Å². The molecule has 2 aromatic heterocycles. The van der Waals surface area contributed by atoms with Gasteiger partial charge in [-0.05, 0) is 42.8 Å². The minimum Gasteiger partial charge on any atom is -0.351 e. The molecule has 3 heterocycles. The number of anilines is 4. The van der Waals surface area contributed by atoms with Crippen molar-refractivity contribution in [3.8, 4) is 0 Å². The minimum absolute atomic E-state index is 0. The largest absolute Gasteiger partial charge is 0.403 e. The van der Waals surface area contributed by atoms with E-state index in [4.69, 9.17) is 4.98 Å². The summed E-state index contributed by atoms with van der Waals surface area (Å²) in [6.07, 6.45) is 3.90. The first-order chi connectivity index (χ1) is 11.9. The quantitative estimate of drug-likeness (QED) is 0.497. The third-order valence-corrected chi connectivity index (χ3v) is 4.07. The van der Waals surface area contributed by atoms with Crippen molar-refractivity contribution in [1.82, 2.24) is 9.97 Å². The van der Waals surface area contributed by atoms with Crippen molar-refractivity contribution in [2.75, 3.05) is 9.62 Å². The Hall–Kier alpha value is -2.17. The molecule has 0 aliphatic carbocycles. The summed E-state index contributed by atoms with van der Waals surface area (Å²) in [5.74, 6) is 1.84. The molecule has 0 saturated heterocycles. The zero-order valence-corrected chi connectivity index (χ0v) is 16.4. The van der Waals surface area contributed by atoms with Crippen LogP contribution in [0.2, 0.25) is 0 Å². The Morgan fingerprint density at radius 1 is 0.840 bits per heavy atom. The number of nitrogens with zero attached hydrogens (tertiary/aromatic N) is 4. The summed E-state index contributed by atoms with van der Waals surface area (Å²) in [5.41, 5.74) is 3.35. The van der Waals surface area contributed by atoms with Gasteiger partial charge in [-0.25, -0.2) is 9.97 Å². The van der Waals surface area contributed by atoms with Gasteiger partial charge in [0.15, 0.2) is 0 Å². The molecule has 1 aliphatic rings. The van der Waals surface area contributed by atoms with E-state index in [2.05, 4.69) is 59.4 Å². The Labute approximate surface area is 162 Å². The molecular formula is C19H18BIrN4. The molecule has 0 unspecified atom stereocenters. The molecule has 0 bridgehead atoms. The molecule has 4 rings (SSSR count). The van der Waals surface area contributed by atoms with Crippen LogP contribution in [-0.2, 0) is 26.5 Å². The second kappa shape index (κ2) is 7.81. The van der Waals surface area contributed by atoms with Crippen LogP contribution < -0.4 is 9.62 Å². The van der Waals surface area contributed by atoms with Crippen molar-refractivity contribution in [1.29, 1.82) is 0 Å². The molecule has 0 atom stereocenters. The summed E-state index contributed by atoms with van der Waals surface area (Å²) in [7, 11) is 2.06. The number of pyridine rings is 2. The molecule has 0 N–H and O–H groups in total. The molecule has 0 amide bonds. The summed E-state index contributed by atoms with van der Waals surface area (Å²) in [6, 6.07) is 20.5. The monoisotopic (exact) mass is 506 g/mol. The number of hydrogen-bond acceptors (Lipinski definition) is 4. The van der Waals surface area contributed by atoms with Gasteiger partial charge in [0.05, 0.1) is 11.4 Å². The predicted molar refractivity (Wildman–Crippen MR) is 98.9 cm³/mol. The fourth-order valence-corrected chi connectivity index (χ4v) is 2.97. The van der Waals surface area contributed by atoms with E-state index < -0.39 is 0 Å². The second-order valence-electron chi connectivity index (χ2n) is 5.77. The van der Waals surface area contributed by atoms with Crippen LogP contribution in [0, 0.1) is 0 Å². The van der Waals surface area contributed by atoms with E-state index in [1.54, 1.807) is 0 Å². The molecule has 126 valence electrons. The van der Waals surface area contributed by atoms with Gasteiger partial charge >= 0.3 is 7.55 Å². The fourth-order valence-electron chi connectivity index (χ4n) is 2.97. The molecule has 3 aromatic rings. The Kier molecular flexibility index (Phi) is 5.51. The van der Waals surface area contributed by atoms with E-state index >= 15 is 0 Å². The number of aryl methyl sites for hydroxylation is 1. The van der Waals surface area contributed by atoms with Crippen LogP contribution in [0.1, 0.15) is 19.0 Å². The molecule has 4 nitrogen and oxygen atoms in total. The molecule has 0 spiro atoms. The SMILES string of the molecule is CCCc1cccc(N2[B]N(c3ccccn3)c3ccccc32)n1.[Ir]. The van der Waals surface area contributed by atoms with Gasteiger partial charge in [-0.2, -0.15) is 0 Å². The smallest absolute Gasteiger partial charge is 0.351 e. The van der Waals surface area contributed by atoms with Crippen LogP contribution in [0.5, 0.6) is 0 Å². The van der Waals surface area contributed by atoms with Gasteiger partial charge in [-0.3, -0.25) is 0 Å². The zero-order chi connectivity index (χ0) is 16.4. The summed E-state index contributed by atoms with van der Waals surface area (Å²) >= 11 is 0. The van der Waals surface area contributed by atoms with Gasteiger partial charge < -0.3 is 9.62 Å². The second-order valence-corrected chi connectivity index (χ2v) is 5.77. The number of rotatable bonds is 4. The standard InChI is InChI=1S/C19H18BN4.Ir/c1-2-8-15-9-7-13-19(22-15)24-17-11-4-3-10-16(17)23(20-24)18-12-5-6-14-21-18;/h3-7,9-14H,2,8H2,1H3;. The van der Waals surface area contributed by atoms with Crippen LogP contribution in [0.25, 0.3) is 0 Å². The molecule has 1 aliphatic heterocycles. The molecule has 6 heteroatoms.